The number of nitro benzene ring substituents is 1. The predicted octanol–water partition coefficient (Wildman–Crippen LogP) is 3.20. The molecular weight excluding hydrogens is 258 g/mol. The number of nitrogens with zero attached hydrogens (tertiary/aromatic N) is 1. The third-order valence-electron chi connectivity index (χ3n) is 2.70. The molecule has 0 bridgehead atoms. The van der Waals surface area contributed by atoms with Gasteiger partial charge in [0, 0.05) is 12.1 Å². The average Bonchev–Trinajstić information content (AvgIpc) is 2.45. The van der Waals surface area contributed by atoms with Gasteiger partial charge in [-0.05, 0) is 35.9 Å². The van der Waals surface area contributed by atoms with Crippen LogP contribution in [0.4, 0.5) is 5.69 Å². The Morgan fingerprint density at radius 1 is 1.10 bits per heavy atom. The largest absolute Gasteiger partial charge is 0.507 e. The molecule has 0 saturated heterocycles. The number of benzene rings is 2. The van der Waals surface area contributed by atoms with Gasteiger partial charge in [0.05, 0.1) is 10.5 Å². The minimum atomic E-state index is -0.485. The lowest BCUT2D eigenvalue weighted by atomic mass is 10.1. The van der Waals surface area contributed by atoms with E-state index in [9.17, 15) is 20.0 Å². The minimum absolute atomic E-state index is 0.00539. The Morgan fingerprint density at radius 3 is 2.35 bits per heavy atom. The number of nitro groups is 1. The normalized spacial score (nSPS) is 10.6. The third-order valence-corrected chi connectivity index (χ3v) is 2.70. The van der Waals surface area contributed by atoms with Crippen LogP contribution in [0.25, 0.3) is 6.08 Å². The molecule has 0 aliphatic carbocycles. The van der Waals surface area contributed by atoms with Crippen molar-refractivity contribution in [2.24, 2.45) is 0 Å². The summed E-state index contributed by atoms with van der Waals surface area (Å²) in [5.74, 6) is -0.410. The first-order chi connectivity index (χ1) is 9.58. The SMILES string of the molecule is O=C(/C=C/c1ccc([N+](=O)[O-])cc1)c1ccccc1O. The maximum Gasteiger partial charge on any atom is 0.269 e. The van der Waals surface area contributed by atoms with Gasteiger partial charge >= 0.3 is 0 Å². The summed E-state index contributed by atoms with van der Waals surface area (Å²) in [5, 5.41) is 20.1. The van der Waals surface area contributed by atoms with E-state index in [1.165, 1.54) is 30.3 Å². The van der Waals surface area contributed by atoms with Crippen molar-refractivity contribution in [2.75, 3.05) is 0 Å². The van der Waals surface area contributed by atoms with E-state index >= 15 is 0 Å². The molecule has 100 valence electrons. The molecule has 0 heterocycles. The highest BCUT2D eigenvalue weighted by atomic mass is 16.6. The number of ketones is 1. The zero-order chi connectivity index (χ0) is 14.5. The molecule has 0 amide bonds. The van der Waals surface area contributed by atoms with Crippen molar-refractivity contribution in [3.05, 3.63) is 75.8 Å². The van der Waals surface area contributed by atoms with Gasteiger partial charge in [0.25, 0.3) is 5.69 Å². The van der Waals surface area contributed by atoms with Gasteiger partial charge in [-0.25, -0.2) is 0 Å². The lowest BCUT2D eigenvalue weighted by Gasteiger charge is -1.99. The van der Waals surface area contributed by atoms with Crippen LogP contribution in [0.15, 0.2) is 54.6 Å². The second-order valence-electron chi connectivity index (χ2n) is 4.06. The molecule has 0 aliphatic heterocycles. The molecule has 0 aromatic heterocycles. The molecular formula is C15H11NO4. The van der Waals surface area contributed by atoms with Crippen LogP contribution in [0.3, 0.4) is 0 Å². The summed E-state index contributed by atoms with van der Waals surface area (Å²) in [5.41, 5.74) is 0.874. The number of allylic oxidation sites excluding steroid dienone is 1. The van der Waals surface area contributed by atoms with E-state index in [1.807, 2.05) is 0 Å². The Bertz CT molecular complexity index is 675. The maximum atomic E-state index is 11.9. The molecule has 2 rings (SSSR count). The van der Waals surface area contributed by atoms with Gasteiger partial charge < -0.3 is 5.11 Å². The summed E-state index contributed by atoms with van der Waals surface area (Å²) in [4.78, 5) is 21.9. The van der Waals surface area contributed by atoms with Crippen molar-refractivity contribution in [3.8, 4) is 5.75 Å². The standard InChI is InChI=1S/C15H11NO4/c17-14-4-2-1-3-13(14)15(18)10-7-11-5-8-12(9-6-11)16(19)20/h1-10,17H/b10-7+. The van der Waals surface area contributed by atoms with Crippen LogP contribution in [0, 0.1) is 10.1 Å². The average molecular weight is 269 g/mol. The highest BCUT2D eigenvalue weighted by Crippen LogP contribution is 2.18. The van der Waals surface area contributed by atoms with E-state index in [0.717, 1.165) is 0 Å². The fourth-order valence-electron chi connectivity index (χ4n) is 1.65. The lowest BCUT2D eigenvalue weighted by molar-refractivity contribution is -0.384. The van der Waals surface area contributed by atoms with E-state index in [-0.39, 0.29) is 22.8 Å². The summed E-state index contributed by atoms with van der Waals surface area (Å²) in [6.07, 6.45) is 2.86. The second-order valence-corrected chi connectivity index (χ2v) is 4.06. The number of hydrogen-bond donors (Lipinski definition) is 1. The minimum Gasteiger partial charge on any atom is -0.507 e. The van der Waals surface area contributed by atoms with Gasteiger partial charge in [-0.2, -0.15) is 0 Å². The second kappa shape index (κ2) is 5.79. The molecule has 2 aromatic rings. The Kier molecular flexibility index (Phi) is 3.91. The third kappa shape index (κ3) is 3.08. The van der Waals surface area contributed by atoms with Crippen molar-refractivity contribution in [1.29, 1.82) is 0 Å². The molecule has 1 N–H and O–H groups in total. The fraction of sp³-hybridized carbons (Fsp3) is 0. The highest BCUT2D eigenvalue weighted by Gasteiger charge is 2.07. The molecule has 2 aromatic carbocycles. The van der Waals surface area contributed by atoms with E-state index < -0.39 is 4.92 Å². The van der Waals surface area contributed by atoms with E-state index in [2.05, 4.69) is 0 Å². The first-order valence-corrected chi connectivity index (χ1v) is 5.83. The summed E-state index contributed by atoms with van der Waals surface area (Å²) >= 11 is 0. The zero-order valence-electron chi connectivity index (χ0n) is 10.4. The number of aromatic hydroxyl groups is 1. The number of rotatable bonds is 4. The summed E-state index contributed by atoms with van der Waals surface area (Å²) < 4.78 is 0. The van der Waals surface area contributed by atoms with Crippen molar-refractivity contribution in [3.63, 3.8) is 0 Å². The van der Waals surface area contributed by atoms with Gasteiger partial charge in [-0.1, -0.05) is 18.2 Å². The highest BCUT2D eigenvalue weighted by molar-refractivity contribution is 6.08. The summed E-state index contributed by atoms with van der Waals surface area (Å²) in [7, 11) is 0. The van der Waals surface area contributed by atoms with Crippen LogP contribution >= 0.6 is 0 Å². The smallest absolute Gasteiger partial charge is 0.269 e. The van der Waals surface area contributed by atoms with Gasteiger partial charge in [-0.3, -0.25) is 14.9 Å². The molecule has 0 fully saturated rings. The zero-order valence-corrected chi connectivity index (χ0v) is 10.4. The van der Waals surface area contributed by atoms with Crippen LogP contribution in [-0.2, 0) is 0 Å². The molecule has 5 nitrogen and oxygen atoms in total. The number of phenols is 1. The Balaban J connectivity index is 2.15. The van der Waals surface area contributed by atoms with Crippen LogP contribution in [-0.4, -0.2) is 15.8 Å². The van der Waals surface area contributed by atoms with Gasteiger partial charge in [-0.15, -0.1) is 0 Å². The summed E-state index contributed by atoms with van der Waals surface area (Å²) in [6.45, 7) is 0. The van der Waals surface area contributed by atoms with Crippen LogP contribution in [0.2, 0.25) is 0 Å². The van der Waals surface area contributed by atoms with E-state index in [0.29, 0.717) is 5.56 Å². The molecule has 0 saturated carbocycles. The topological polar surface area (TPSA) is 80.4 Å². The number of carbonyl (C=O) groups excluding carboxylic acids is 1. The van der Waals surface area contributed by atoms with E-state index in [4.69, 9.17) is 0 Å². The molecule has 0 atom stereocenters. The number of para-hydroxylation sites is 1. The Labute approximate surface area is 115 Å². The van der Waals surface area contributed by atoms with Crippen molar-refractivity contribution < 1.29 is 14.8 Å². The molecule has 0 unspecified atom stereocenters. The van der Waals surface area contributed by atoms with Gasteiger partial charge in [0.15, 0.2) is 5.78 Å². The van der Waals surface area contributed by atoms with Crippen molar-refractivity contribution in [1.82, 2.24) is 0 Å². The molecule has 20 heavy (non-hydrogen) atoms. The van der Waals surface area contributed by atoms with Gasteiger partial charge in [0.2, 0.25) is 0 Å². The van der Waals surface area contributed by atoms with Crippen LogP contribution in [0.1, 0.15) is 15.9 Å². The number of hydrogen-bond acceptors (Lipinski definition) is 4. The monoisotopic (exact) mass is 269 g/mol. The fourth-order valence-corrected chi connectivity index (χ4v) is 1.65. The van der Waals surface area contributed by atoms with E-state index in [1.54, 1.807) is 30.3 Å². The number of phenolic OH excluding ortho intramolecular Hbond substituents is 1. The predicted molar refractivity (Wildman–Crippen MR) is 74.6 cm³/mol. The van der Waals surface area contributed by atoms with Crippen molar-refractivity contribution in [2.45, 2.75) is 0 Å². The van der Waals surface area contributed by atoms with Gasteiger partial charge in [0.1, 0.15) is 5.75 Å². The molecule has 0 spiro atoms. The quantitative estimate of drug-likeness (QED) is 0.400. The Hall–Kier alpha value is -2.95. The Morgan fingerprint density at radius 2 is 1.75 bits per heavy atom. The van der Waals surface area contributed by atoms with Crippen LogP contribution in [0.5, 0.6) is 5.75 Å². The molecule has 5 heteroatoms. The first kappa shape index (κ1) is 13.5. The number of non-ortho nitro benzene ring substituents is 1. The molecule has 0 radical (unpaired) electrons. The summed E-state index contributed by atoms with van der Waals surface area (Å²) in [6, 6.07) is 12.1. The maximum absolute atomic E-state index is 11.9. The molecule has 0 aliphatic rings. The van der Waals surface area contributed by atoms with Crippen molar-refractivity contribution >= 4 is 17.5 Å². The first-order valence-electron chi connectivity index (χ1n) is 5.83. The number of carbonyl (C=O) groups is 1. The lowest BCUT2D eigenvalue weighted by Crippen LogP contribution is -1.94. The van der Waals surface area contributed by atoms with Crippen LogP contribution < -0.4 is 0 Å².